The van der Waals surface area contributed by atoms with Gasteiger partial charge in [-0.2, -0.15) is 0 Å². The second kappa shape index (κ2) is 39.7. The fraction of sp³-hybridized carbons (Fsp3) is 0.767. The van der Waals surface area contributed by atoms with Gasteiger partial charge in [0.1, 0.15) is 6.61 Å². The molecule has 3 N–H and O–H groups in total. The van der Waals surface area contributed by atoms with Gasteiger partial charge in [-0.05, 0) is 51.4 Å². The SMILES string of the molecule is CC/C=C\C/C=C\C/C=C\C/C=C\CCCCC(=O)OC[C@H](COP(=O)(O)OCCN)OC(=O)CCCCCCCCCCCCCCCCCCC. The van der Waals surface area contributed by atoms with Crippen molar-refractivity contribution in [3.8, 4) is 0 Å². The van der Waals surface area contributed by atoms with Crippen LogP contribution in [-0.2, 0) is 32.7 Å². The molecule has 308 valence electrons. The molecule has 0 aliphatic rings. The molecule has 0 bridgehead atoms. The number of allylic oxidation sites excluding steroid dienone is 8. The van der Waals surface area contributed by atoms with Gasteiger partial charge in [-0.15, -0.1) is 0 Å². The molecule has 0 spiro atoms. The molecular weight excluding hydrogens is 689 g/mol. The van der Waals surface area contributed by atoms with Crippen LogP contribution in [0.1, 0.15) is 181 Å². The number of phosphoric ester groups is 1. The Hall–Kier alpha value is -2.03. The van der Waals surface area contributed by atoms with E-state index in [4.69, 9.17) is 24.3 Å². The van der Waals surface area contributed by atoms with Crippen LogP contribution in [0.25, 0.3) is 0 Å². The topological polar surface area (TPSA) is 134 Å². The Morgan fingerprint density at radius 1 is 0.585 bits per heavy atom. The molecule has 1 unspecified atom stereocenters. The van der Waals surface area contributed by atoms with E-state index in [0.29, 0.717) is 12.8 Å². The lowest BCUT2D eigenvalue weighted by atomic mass is 10.0. The van der Waals surface area contributed by atoms with Crippen molar-refractivity contribution in [3.63, 3.8) is 0 Å². The van der Waals surface area contributed by atoms with Crippen LogP contribution in [0.5, 0.6) is 0 Å². The summed E-state index contributed by atoms with van der Waals surface area (Å²) in [5.41, 5.74) is 5.34. The van der Waals surface area contributed by atoms with Crippen LogP contribution in [0.4, 0.5) is 0 Å². The van der Waals surface area contributed by atoms with Gasteiger partial charge in [-0.25, -0.2) is 4.57 Å². The fourth-order valence-corrected chi connectivity index (χ4v) is 6.39. The largest absolute Gasteiger partial charge is 0.472 e. The minimum Gasteiger partial charge on any atom is -0.462 e. The highest BCUT2D eigenvalue weighted by molar-refractivity contribution is 7.47. The minimum atomic E-state index is -4.38. The van der Waals surface area contributed by atoms with Gasteiger partial charge >= 0.3 is 19.8 Å². The first kappa shape index (κ1) is 51.0. The smallest absolute Gasteiger partial charge is 0.462 e. The molecule has 10 heteroatoms. The number of rotatable bonds is 39. The molecular formula is C43H78NO8P. The average molecular weight is 768 g/mol. The summed E-state index contributed by atoms with van der Waals surface area (Å²) in [6.07, 6.45) is 44.3. The van der Waals surface area contributed by atoms with Crippen LogP contribution in [0.2, 0.25) is 0 Å². The summed E-state index contributed by atoms with van der Waals surface area (Å²) in [4.78, 5) is 34.8. The second-order valence-corrected chi connectivity index (χ2v) is 15.3. The van der Waals surface area contributed by atoms with Crippen molar-refractivity contribution in [1.29, 1.82) is 0 Å². The highest BCUT2D eigenvalue weighted by Crippen LogP contribution is 2.43. The predicted molar refractivity (Wildman–Crippen MR) is 220 cm³/mol. The number of phosphoric acid groups is 1. The van der Waals surface area contributed by atoms with E-state index in [9.17, 15) is 19.0 Å². The van der Waals surface area contributed by atoms with E-state index in [1.807, 2.05) is 0 Å². The van der Waals surface area contributed by atoms with Gasteiger partial charge in [0.05, 0.1) is 13.2 Å². The molecule has 0 amide bonds. The fourth-order valence-electron chi connectivity index (χ4n) is 5.62. The maximum atomic E-state index is 12.6. The summed E-state index contributed by atoms with van der Waals surface area (Å²) in [7, 11) is -4.38. The van der Waals surface area contributed by atoms with Crippen LogP contribution in [0.15, 0.2) is 48.6 Å². The summed E-state index contributed by atoms with van der Waals surface area (Å²) in [6.45, 7) is 3.57. The molecule has 9 nitrogen and oxygen atoms in total. The van der Waals surface area contributed by atoms with Gasteiger partial charge in [0, 0.05) is 19.4 Å². The number of hydrogen-bond donors (Lipinski definition) is 2. The zero-order valence-corrected chi connectivity index (χ0v) is 34.6. The molecule has 0 saturated heterocycles. The number of nitrogens with two attached hydrogens (primary N) is 1. The van der Waals surface area contributed by atoms with E-state index in [1.54, 1.807) is 0 Å². The summed E-state index contributed by atoms with van der Waals surface area (Å²) in [5.74, 6) is -0.875. The summed E-state index contributed by atoms with van der Waals surface area (Å²) < 4.78 is 32.7. The molecule has 0 fully saturated rings. The lowest BCUT2D eigenvalue weighted by molar-refractivity contribution is -0.161. The third-order valence-electron chi connectivity index (χ3n) is 8.73. The first-order valence-corrected chi connectivity index (χ1v) is 22.6. The standard InChI is InChI=1S/C43H78NO8P/c1-3-5-7-9-11-13-15-17-19-20-22-24-26-28-30-32-34-36-43(46)52-41(40-51-53(47,48)50-38-37-44)39-49-42(45)35-33-31-29-27-25-23-21-18-16-14-12-10-8-6-4-2/h6,8,12,14,18,21,25,27,41H,3-5,7,9-11,13,15-17,19-20,22-24,26,28-40,44H2,1-2H3,(H,47,48)/b8-6-,14-12-,21-18-,27-25-/t41-/m1/s1. The number of carbonyl (C=O) groups excluding carboxylic acids is 2. The van der Waals surface area contributed by atoms with Crippen molar-refractivity contribution >= 4 is 19.8 Å². The molecule has 0 aromatic rings. The molecule has 0 aromatic heterocycles. The van der Waals surface area contributed by atoms with Crippen molar-refractivity contribution in [3.05, 3.63) is 48.6 Å². The number of esters is 2. The van der Waals surface area contributed by atoms with E-state index in [-0.39, 0.29) is 32.6 Å². The second-order valence-electron chi connectivity index (χ2n) is 13.8. The van der Waals surface area contributed by atoms with E-state index in [1.165, 1.54) is 83.5 Å². The van der Waals surface area contributed by atoms with Gasteiger partial charge in [0.25, 0.3) is 0 Å². The van der Waals surface area contributed by atoms with Crippen LogP contribution < -0.4 is 5.73 Å². The van der Waals surface area contributed by atoms with Crippen molar-refractivity contribution in [2.75, 3.05) is 26.4 Å². The summed E-state index contributed by atoms with van der Waals surface area (Å²) in [5, 5.41) is 0. The third kappa shape index (κ3) is 39.5. The number of carbonyl (C=O) groups is 2. The lowest BCUT2D eigenvalue weighted by Gasteiger charge is -2.19. The number of unbranched alkanes of at least 4 members (excludes halogenated alkanes) is 18. The first-order chi connectivity index (χ1) is 25.8. The highest BCUT2D eigenvalue weighted by Gasteiger charge is 2.26. The lowest BCUT2D eigenvalue weighted by Crippen LogP contribution is -2.29. The quantitative estimate of drug-likeness (QED) is 0.0271. The number of ether oxygens (including phenoxy) is 2. The molecule has 0 saturated carbocycles. The maximum Gasteiger partial charge on any atom is 0.472 e. The molecule has 53 heavy (non-hydrogen) atoms. The Morgan fingerprint density at radius 3 is 1.55 bits per heavy atom. The van der Waals surface area contributed by atoms with Crippen molar-refractivity contribution in [2.24, 2.45) is 5.73 Å². The average Bonchev–Trinajstić information content (AvgIpc) is 3.14. The van der Waals surface area contributed by atoms with Gasteiger partial charge in [-0.3, -0.25) is 18.6 Å². The Labute approximate surface area is 324 Å². The van der Waals surface area contributed by atoms with Crippen LogP contribution in [-0.4, -0.2) is 49.3 Å². The Balaban J connectivity index is 4.21. The Kier molecular flexibility index (Phi) is 38.1. The van der Waals surface area contributed by atoms with Gasteiger partial charge in [0.2, 0.25) is 0 Å². The predicted octanol–water partition coefficient (Wildman–Crippen LogP) is 11.9. The molecule has 0 heterocycles. The molecule has 0 aliphatic carbocycles. The van der Waals surface area contributed by atoms with Crippen molar-refractivity contribution in [2.45, 2.75) is 187 Å². The zero-order valence-electron chi connectivity index (χ0n) is 33.7. The van der Waals surface area contributed by atoms with Crippen molar-refractivity contribution < 1.29 is 37.6 Å². The normalized spacial score (nSPS) is 13.8. The molecule has 0 radical (unpaired) electrons. The van der Waals surface area contributed by atoms with E-state index in [0.717, 1.165) is 57.8 Å². The molecule has 0 rings (SSSR count). The summed E-state index contributed by atoms with van der Waals surface area (Å²) in [6, 6.07) is 0. The first-order valence-electron chi connectivity index (χ1n) is 21.1. The Morgan fingerprint density at radius 2 is 1.04 bits per heavy atom. The monoisotopic (exact) mass is 768 g/mol. The van der Waals surface area contributed by atoms with Crippen LogP contribution >= 0.6 is 7.82 Å². The Bertz CT molecular complexity index is 1010. The summed E-state index contributed by atoms with van der Waals surface area (Å²) >= 11 is 0. The minimum absolute atomic E-state index is 0.0472. The maximum absolute atomic E-state index is 12.6. The molecule has 2 atom stereocenters. The number of hydrogen-bond acceptors (Lipinski definition) is 8. The molecule has 0 aliphatic heterocycles. The zero-order chi connectivity index (χ0) is 38.9. The third-order valence-corrected chi connectivity index (χ3v) is 9.71. The van der Waals surface area contributed by atoms with Crippen LogP contribution in [0.3, 0.4) is 0 Å². The van der Waals surface area contributed by atoms with E-state index < -0.39 is 32.5 Å². The van der Waals surface area contributed by atoms with Crippen LogP contribution in [0, 0.1) is 0 Å². The van der Waals surface area contributed by atoms with E-state index >= 15 is 0 Å². The van der Waals surface area contributed by atoms with Crippen molar-refractivity contribution in [1.82, 2.24) is 0 Å². The molecule has 0 aromatic carbocycles. The van der Waals surface area contributed by atoms with Gasteiger partial charge in [-0.1, -0.05) is 165 Å². The highest BCUT2D eigenvalue weighted by atomic mass is 31.2. The van der Waals surface area contributed by atoms with Gasteiger partial charge < -0.3 is 20.1 Å². The van der Waals surface area contributed by atoms with E-state index in [2.05, 4.69) is 62.5 Å². The van der Waals surface area contributed by atoms with Gasteiger partial charge in [0.15, 0.2) is 6.10 Å².